The highest BCUT2D eigenvalue weighted by atomic mass is 79.9. The lowest BCUT2D eigenvalue weighted by molar-refractivity contribution is -0.116. The first-order chi connectivity index (χ1) is 9.95. The minimum absolute atomic E-state index is 0.129. The van der Waals surface area contributed by atoms with E-state index < -0.39 is 11.9 Å². The van der Waals surface area contributed by atoms with Crippen LogP contribution in [0.4, 0.5) is 10.1 Å². The lowest BCUT2D eigenvalue weighted by Gasteiger charge is -2.11. The molecule has 0 bridgehead atoms. The van der Waals surface area contributed by atoms with Crippen molar-refractivity contribution >= 4 is 27.5 Å². The zero-order valence-electron chi connectivity index (χ0n) is 11.1. The second kappa shape index (κ2) is 5.13. The summed E-state index contributed by atoms with van der Waals surface area (Å²) in [6, 6.07) is 7.27. The van der Waals surface area contributed by atoms with E-state index in [9.17, 15) is 9.18 Å². The third-order valence-electron chi connectivity index (χ3n) is 3.29. The molecule has 1 atom stereocenters. The summed E-state index contributed by atoms with van der Waals surface area (Å²) in [5, 5.41) is 2.67. The standard InChI is InChI=1S/C15H12BrFN2O2/c1-7-2-3-10(17)13(4-7)21-12-6-11-8(5-9(12)16)14(18)15(20)19-11/h2-6,14H,18H2,1H3,(H,19,20). The van der Waals surface area contributed by atoms with E-state index in [-0.39, 0.29) is 11.7 Å². The Balaban J connectivity index is 1.99. The van der Waals surface area contributed by atoms with E-state index >= 15 is 0 Å². The molecule has 1 aliphatic rings. The Morgan fingerprint density at radius 3 is 2.81 bits per heavy atom. The molecule has 2 aromatic carbocycles. The molecule has 21 heavy (non-hydrogen) atoms. The van der Waals surface area contributed by atoms with Gasteiger partial charge in [-0.05, 0) is 46.6 Å². The van der Waals surface area contributed by atoms with Crippen molar-refractivity contribution in [1.29, 1.82) is 0 Å². The number of nitrogens with one attached hydrogen (secondary N) is 1. The van der Waals surface area contributed by atoms with Crippen LogP contribution in [0.3, 0.4) is 0 Å². The fraction of sp³-hybridized carbons (Fsp3) is 0.133. The highest BCUT2D eigenvalue weighted by molar-refractivity contribution is 9.10. The maximum absolute atomic E-state index is 13.8. The van der Waals surface area contributed by atoms with Crippen LogP contribution in [0.2, 0.25) is 0 Å². The average molecular weight is 351 g/mol. The van der Waals surface area contributed by atoms with Gasteiger partial charge in [0.25, 0.3) is 0 Å². The number of rotatable bonds is 2. The summed E-state index contributed by atoms with van der Waals surface area (Å²) >= 11 is 3.36. The molecule has 2 aromatic rings. The highest BCUT2D eigenvalue weighted by Crippen LogP contribution is 2.40. The summed E-state index contributed by atoms with van der Waals surface area (Å²) in [5.41, 5.74) is 7.93. The number of carbonyl (C=O) groups excluding carboxylic acids is 1. The van der Waals surface area contributed by atoms with E-state index in [1.54, 1.807) is 24.3 Å². The SMILES string of the molecule is Cc1ccc(F)c(Oc2cc3c(cc2Br)C(N)C(=O)N3)c1. The summed E-state index contributed by atoms with van der Waals surface area (Å²) in [4.78, 5) is 11.6. The Labute approximate surface area is 129 Å². The van der Waals surface area contributed by atoms with Crippen molar-refractivity contribution in [2.45, 2.75) is 13.0 Å². The van der Waals surface area contributed by atoms with Gasteiger partial charge in [-0.2, -0.15) is 0 Å². The Morgan fingerprint density at radius 1 is 1.29 bits per heavy atom. The van der Waals surface area contributed by atoms with Gasteiger partial charge in [0, 0.05) is 17.3 Å². The molecule has 0 saturated heterocycles. The number of amides is 1. The molecule has 6 heteroatoms. The van der Waals surface area contributed by atoms with Gasteiger partial charge in [0.1, 0.15) is 11.8 Å². The highest BCUT2D eigenvalue weighted by Gasteiger charge is 2.28. The number of fused-ring (bicyclic) bond motifs is 1. The number of ether oxygens (including phenoxy) is 1. The van der Waals surface area contributed by atoms with E-state index in [1.165, 1.54) is 6.07 Å². The predicted molar refractivity (Wildman–Crippen MR) is 80.9 cm³/mol. The topological polar surface area (TPSA) is 64.3 Å². The Bertz CT molecular complexity index is 749. The lowest BCUT2D eigenvalue weighted by atomic mass is 10.1. The molecule has 0 saturated carbocycles. The van der Waals surface area contributed by atoms with Gasteiger partial charge < -0.3 is 15.8 Å². The maximum atomic E-state index is 13.8. The number of hydrogen-bond donors (Lipinski definition) is 2. The van der Waals surface area contributed by atoms with Crippen molar-refractivity contribution < 1.29 is 13.9 Å². The van der Waals surface area contributed by atoms with Crippen LogP contribution in [0.25, 0.3) is 0 Å². The molecule has 0 fully saturated rings. The van der Waals surface area contributed by atoms with Gasteiger partial charge in [-0.25, -0.2) is 4.39 Å². The summed E-state index contributed by atoms with van der Waals surface area (Å²) in [6.07, 6.45) is 0. The van der Waals surface area contributed by atoms with E-state index in [2.05, 4.69) is 21.2 Å². The first-order valence-electron chi connectivity index (χ1n) is 6.29. The minimum atomic E-state index is -0.693. The van der Waals surface area contributed by atoms with E-state index in [1.807, 2.05) is 6.92 Å². The first kappa shape index (κ1) is 14.0. The number of carbonyl (C=O) groups is 1. The van der Waals surface area contributed by atoms with Crippen molar-refractivity contribution in [3.63, 3.8) is 0 Å². The Morgan fingerprint density at radius 2 is 2.05 bits per heavy atom. The first-order valence-corrected chi connectivity index (χ1v) is 7.09. The number of halogens is 2. The number of aryl methyl sites for hydroxylation is 1. The predicted octanol–water partition coefficient (Wildman–Crippen LogP) is 3.64. The minimum Gasteiger partial charge on any atom is -0.453 e. The van der Waals surface area contributed by atoms with Crippen molar-refractivity contribution in [3.8, 4) is 11.5 Å². The largest absolute Gasteiger partial charge is 0.453 e. The average Bonchev–Trinajstić information content (AvgIpc) is 2.70. The van der Waals surface area contributed by atoms with E-state index in [4.69, 9.17) is 10.5 Å². The van der Waals surface area contributed by atoms with Gasteiger partial charge in [0.15, 0.2) is 11.6 Å². The van der Waals surface area contributed by atoms with Gasteiger partial charge >= 0.3 is 0 Å². The number of anilines is 1. The molecule has 3 N–H and O–H groups in total. The fourth-order valence-electron chi connectivity index (χ4n) is 2.17. The summed E-state index contributed by atoms with van der Waals surface area (Å²) in [7, 11) is 0. The van der Waals surface area contributed by atoms with Gasteiger partial charge in [-0.1, -0.05) is 6.07 Å². The molecule has 0 spiro atoms. The number of hydrogen-bond acceptors (Lipinski definition) is 3. The van der Waals surface area contributed by atoms with Crippen molar-refractivity contribution in [1.82, 2.24) is 0 Å². The Kier molecular flexibility index (Phi) is 3.43. The quantitative estimate of drug-likeness (QED) is 0.868. The second-order valence-electron chi connectivity index (χ2n) is 4.87. The van der Waals surface area contributed by atoms with Crippen molar-refractivity contribution in [2.24, 2.45) is 5.73 Å². The molecule has 4 nitrogen and oxygen atoms in total. The summed E-state index contributed by atoms with van der Waals surface area (Å²) in [6.45, 7) is 1.85. The molecule has 1 unspecified atom stereocenters. The Hall–Kier alpha value is -1.92. The molecule has 1 heterocycles. The van der Waals surface area contributed by atoms with Crippen molar-refractivity contribution in [2.75, 3.05) is 5.32 Å². The van der Waals surface area contributed by atoms with Gasteiger partial charge in [-0.15, -0.1) is 0 Å². The molecular formula is C15H12BrFN2O2. The molecule has 0 aromatic heterocycles. The van der Waals surface area contributed by atoms with Crippen LogP contribution >= 0.6 is 15.9 Å². The third-order valence-corrected chi connectivity index (χ3v) is 3.91. The normalized spacial score (nSPS) is 16.6. The van der Waals surface area contributed by atoms with Crippen LogP contribution in [0, 0.1) is 12.7 Å². The van der Waals surface area contributed by atoms with E-state index in [0.29, 0.717) is 21.5 Å². The van der Waals surface area contributed by atoms with Gasteiger partial charge in [-0.3, -0.25) is 4.79 Å². The van der Waals surface area contributed by atoms with Crippen molar-refractivity contribution in [3.05, 3.63) is 51.7 Å². The van der Waals surface area contributed by atoms with Crippen LogP contribution in [0.1, 0.15) is 17.2 Å². The third kappa shape index (κ3) is 2.52. The van der Waals surface area contributed by atoms with Gasteiger partial charge in [0.05, 0.1) is 4.47 Å². The van der Waals surface area contributed by atoms with Crippen LogP contribution in [-0.4, -0.2) is 5.91 Å². The maximum Gasteiger partial charge on any atom is 0.245 e. The zero-order chi connectivity index (χ0) is 15.1. The van der Waals surface area contributed by atoms with Gasteiger partial charge in [0.2, 0.25) is 5.91 Å². The van der Waals surface area contributed by atoms with Crippen LogP contribution < -0.4 is 15.8 Å². The molecule has 1 amide bonds. The summed E-state index contributed by atoms with van der Waals surface area (Å²) < 4.78 is 20.0. The molecule has 1 aliphatic heterocycles. The lowest BCUT2D eigenvalue weighted by Crippen LogP contribution is -2.19. The fourth-order valence-corrected chi connectivity index (χ4v) is 2.61. The van der Waals surface area contributed by atoms with Crippen LogP contribution in [-0.2, 0) is 4.79 Å². The smallest absolute Gasteiger partial charge is 0.245 e. The van der Waals surface area contributed by atoms with E-state index in [0.717, 1.165) is 5.56 Å². The number of benzene rings is 2. The molecule has 0 radical (unpaired) electrons. The van der Waals surface area contributed by atoms with Crippen LogP contribution in [0.5, 0.6) is 11.5 Å². The summed E-state index contributed by atoms with van der Waals surface area (Å²) in [5.74, 6) is -0.179. The molecule has 3 rings (SSSR count). The molecular weight excluding hydrogens is 339 g/mol. The monoisotopic (exact) mass is 350 g/mol. The zero-order valence-corrected chi connectivity index (χ0v) is 12.7. The molecule has 108 valence electrons. The molecule has 0 aliphatic carbocycles. The van der Waals surface area contributed by atoms with Crippen LogP contribution in [0.15, 0.2) is 34.8 Å². The second-order valence-corrected chi connectivity index (χ2v) is 5.73. The number of nitrogens with two attached hydrogens (primary N) is 1.